The maximum absolute atomic E-state index is 5.19. The van der Waals surface area contributed by atoms with Crippen LogP contribution >= 0.6 is 11.8 Å². The lowest BCUT2D eigenvalue weighted by Crippen LogP contribution is -2.44. The second kappa shape index (κ2) is 5.47. The number of hydrazine groups is 1. The monoisotopic (exact) mass is 184 g/mol. The lowest BCUT2D eigenvalue weighted by molar-refractivity contribution is 0.153. The second-order valence-corrected chi connectivity index (χ2v) is 4.21. The summed E-state index contributed by atoms with van der Waals surface area (Å²) in [7, 11) is 0. The van der Waals surface area contributed by atoms with Gasteiger partial charge in [0.1, 0.15) is 0 Å². The van der Waals surface area contributed by atoms with Crippen LogP contribution in [0.4, 0.5) is 0 Å². The molecule has 1 aliphatic heterocycles. The fourth-order valence-corrected chi connectivity index (χ4v) is 2.31. The third kappa shape index (κ3) is 3.06. The van der Waals surface area contributed by atoms with E-state index < -0.39 is 0 Å². The fourth-order valence-electron chi connectivity index (χ4n) is 1.28. The molecule has 0 radical (unpaired) electrons. The molecule has 1 unspecified atom stereocenters. The molecule has 0 spiro atoms. The van der Waals surface area contributed by atoms with Crippen molar-refractivity contribution in [1.82, 2.24) is 10.4 Å². The normalized spacial score (nSPS) is 26.2. The predicted octanol–water partition coefficient (Wildman–Crippen LogP) is 0.952. The number of rotatable bonds is 2. The van der Waals surface area contributed by atoms with Crippen molar-refractivity contribution in [3.05, 3.63) is 0 Å². The first-order valence-corrected chi connectivity index (χ1v) is 5.51. The van der Waals surface area contributed by atoms with Gasteiger partial charge < -0.3 is 0 Å². The first kappa shape index (κ1) is 9.91. The molecule has 1 aliphatic rings. The minimum atomic E-state index is 0.619. The molecule has 0 amide bonds. The van der Waals surface area contributed by atoms with Crippen LogP contribution in [-0.2, 0) is 0 Å². The first-order valence-electron chi connectivity index (χ1n) is 4.36. The van der Waals surface area contributed by atoms with E-state index in [9.17, 15) is 0 Å². The Labute approximate surface area is 79.1 Å². The SMILES string of the molecule is C#CCNN1CCSCCC1C. The third-order valence-electron chi connectivity index (χ3n) is 2.07. The Kier molecular flexibility index (Phi) is 4.52. The molecule has 0 aromatic heterocycles. The van der Waals surface area contributed by atoms with Crippen LogP contribution in [0.1, 0.15) is 13.3 Å². The highest BCUT2D eigenvalue weighted by atomic mass is 32.2. The van der Waals surface area contributed by atoms with E-state index in [1.54, 1.807) is 0 Å². The molecule has 2 nitrogen and oxygen atoms in total. The van der Waals surface area contributed by atoms with E-state index in [1.165, 1.54) is 17.9 Å². The van der Waals surface area contributed by atoms with Crippen LogP contribution in [0.15, 0.2) is 0 Å². The van der Waals surface area contributed by atoms with Gasteiger partial charge in [0.15, 0.2) is 0 Å². The molecule has 1 saturated heterocycles. The lowest BCUT2D eigenvalue weighted by atomic mass is 10.2. The largest absolute Gasteiger partial charge is 0.243 e. The number of nitrogens with zero attached hydrogens (tertiary/aromatic N) is 1. The van der Waals surface area contributed by atoms with E-state index in [-0.39, 0.29) is 0 Å². The summed E-state index contributed by atoms with van der Waals surface area (Å²) in [4.78, 5) is 0. The van der Waals surface area contributed by atoms with Gasteiger partial charge in [-0.25, -0.2) is 10.4 Å². The van der Waals surface area contributed by atoms with Gasteiger partial charge in [0, 0.05) is 18.3 Å². The molecule has 1 atom stereocenters. The molecule has 0 bridgehead atoms. The van der Waals surface area contributed by atoms with Crippen molar-refractivity contribution in [2.24, 2.45) is 0 Å². The molecule has 0 aliphatic carbocycles. The minimum Gasteiger partial charge on any atom is -0.243 e. The zero-order chi connectivity index (χ0) is 8.81. The summed E-state index contributed by atoms with van der Waals surface area (Å²) in [5.41, 5.74) is 3.24. The molecule has 3 heteroatoms. The maximum atomic E-state index is 5.19. The average molecular weight is 184 g/mol. The Hall–Kier alpha value is -0.170. The van der Waals surface area contributed by atoms with Crippen LogP contribution in [0.3, 0.4) is 0 Å². The van der Waals surface area contributed by atoms with E-state index in [4.69, 9.17) is 6.42 Å². The zero-order valence-corrected chi connectivity index (χ0v) is 8.36. The highest BCUT2D eigenvalue weighted by molar-refractivity contribution is 7.99. The van der Waals surface area contributed by atoms with Crippen LogP contribution in [0.2, 0.25) is 0 Å². The van der Waals surface area contributed by atoms with E-state index in [1.807, 2.05) is 11.8 Å². The second-order valence-electron chi connectivity index (χ2n) is 2.98. The van der Waals surface area contributed by atoms with Crippen molar-refractivity contribution in [3.8, 4) is 12.3 Å². The molecule has 1 N–H and O–H groups in total. The smallest absolute Gasteiger partial charge is 0.0711 e. The van der Waals surface area contributed by atoms with E-state index in [0.29, 0.717) is 12.6 Å². The van der Waals surface area contributed by atoms with Crippen molar-refractivity contribution in [2.45, 2.75) is 19.4 Å². The Balaban J connectivity index is 2.32. The van der Waals surface area contributed by atoms with Crippen LogP contribution in [0.5, 0.6) is 0 Å². The number of thioether (sulfide) groups is 1. The molecule has 1 rings (SSSR count). The van der Waals surface area contributed by atoms with Gasteiger partial charge in [-0.05, 0) is 19.1 Å². The topological polar surface area (TPSA) is 15.3 Å². The molecule has 12 heavy (non-hydrogen) atoms. The highest BCUT2D eigenvalue weighted by Crippen LogP contribution is 2.13. The predicted molar refractivity (Wildman–Crippen MR) is 54.9 cm³/mol. The summed E-state index contributed by atoms with van der Waals surface area (Å²) in [5.74, 6) is 5.08. The van der Waals surface area contributed by atoms with Crippen molar-refractivity contribution in [3.63, 3.8) is 0 Å². The Bertz CT molecular complexity index is 164. The summed E-state index contributed by atoms with van der Waals surface area (Å²) >= 11 is 2.02. The zero-order valence-electron chi connectivity index (χ0n) is 7.55. The molecule has 0 saturated carbocycles. The summed E-state index contributed by atoms with van der Waals surface area (Å²) in [5, 5.41) is 2.26. The maximum Gasteiger partial charge on any atom is 0.0711 e. The van der Waals surface area contributed by atoms with Crippen LogP contribution in [0.25, 0.3) is 0 Å². The Morgan fingerprint density at radius 2 is 2.50 bits per heavy atom. The average Bonchev–Trinajstić information content (AvgIpc) is 2.27. The van der Waals surface area contributed by atoms with E-state index in [2.05, 4.69) is 23.3 Å². The van der Waals surface area contributed by atoms with Crippen molar-refractivity contribution in [1.29, 1.82) is 0 Å². The number of hydrogen-bond donors (Lipinski definition) is 1. The Morgan fingerprint density at radius 3 is 3.25 bits per heavy atom. The molecular weight excluding hydrogens is 168 g/mol. The van der Waals surface area contributed by atoms with Crippen LogP contribution in [-0.4, -0.2) is 35.6 Å². The van der Waals surface area contributed by atoms with Crippen molar-refractivity contribution < 1.29 is 0 Å². The molecule has 68 valence electrons. The van der Waals surface area contributed by atoms with Crippen molar-refractivity contribution >= 4 is 11.8 Å². The quantitative estimate of drug-likeness (QED) is 0.643. The number of nitrogens with one attached hydrogen (secondary N) is 1. The Morgan fingerprint density at radius 1 is 1.67 bits per heavy atom. The third-order valence-corrected chi connectivity index (χ3v) is 3.07. The van der Waals surface area contributed by atoms with E-state index >= 15 is 0 Å². The van der Waals surface area contributed by atoms with Gasteiger partial charge in [-0.2, -0.15) is 11.8 Å². The highest BCUT2D eigenvalue weighted by Gasteiger charge is 2.15. The summed E-state index contributed by atoms with van der Waals surface area (Å²) in [6.45, 7) is 4.00. The first-order chi connectivity index (χ1) is 5.84. The standard InChI is InChI=1S/C9H16N2S/c1-3-5-10-11-6-8-12-7-4-9(11)2/h1,9-10H,4-8H2,2H3. The summed E-state index contributed by atoms with van der Waals surface area (Å²) in [6.07, 6.45) is 6.44. The van der Waals surface area contributed by atoms with Crippen molar-refractivity contribution in [2.75, 3.05) is 24.6 Å². The van der Waals surface area contributed by atoms with Gasteiger partial charge in [-0.1, -0.05) is 5.92 Å². The van der Waals surface area contributed by atoms with Gasteiger partial charge in [-0.15, -0.1) is 6.42 Å². The molecule has 1 heterocycles. The van der Waals surface area contributed by atoms with Crippen LogP contribution < -0.4 is 5.43 Å². The van der Waals surface area contributed by atoms with Crippen LogP contribution in [0, 0.1) is 12.3 Å². The number of hydrogen-bond acceptors (Lipinski definition) is 3. The summed E-state index contributed by atoms with van der Waals surface area (Å²) < 4.78 is 0. The van der Waals surface area contributed by atoms with Gasteiger partial charge in [0.05, 0.1) is 6.54 Å². The van der Waals surface area contributed by atoms with Gasteiger partial charge in [0.25, 0.3) is 0 Å². The minimum absolute atomic E-state index is 0.619. The van der Waals surface area contributed by atoms with Gasteiger partial charge in [0.2, 0.25) is 0 Å². The molecule has 0 aromatic rings. The van der Waals surface area contributed by atoms with E-state index in [0.717, 1.165) is 6.54 Å². The molecular formula is C9H16N2S. The number of terminal acetylenes is 1. The lowest BCUT2D eigenvalue weighted by Gasteiger charge is -2.26. The fraction of sp³-hybridized carbons (Fsp3) is 0.778. The molecule has 1 fully saturated rings. The summed E-state index contributed by atoms with van der Waals surface area (Å²) in [6, 6.07) is 0.619. The molecule has 0 aromatic carbocycles. The van der Waals surface area contributed by atoms with Gasteiger partial charge >= 0.3 is 0 Å². The van der Waals surface area contributed by atoms with Gasteiger partial charge in [-0.3, -0.25) is 0 Å².